The molecule has 0 aliphatic rings. The fourth-order valence-corrected chi connectivity index (χ4v) is 9.24. The average molecular weight is 2440 g/mol. The van der Waals surface area contributed by atoms with E-state index in [1.54, 1.807) is 37.3 Å². The minimum atomic E-state index is -1.25. The molecule has 10 rings (SSSR count). The van der Waals surface area contributed by atoms with Gasteiger partial charge in [-0.15, -0.1) is 0 Å². The number of hydrogen-bond acceptors (Lipinski definition) is 7. The molecule has 0 atom stereocenters. The number of esters is 2. The average Bonchev–Trinajstić information content (AvgIpc) is 0.845. The molecule has 0 aliphatic carbocycles. The molecule has 10 aromatic rings. The Bertz CT molecular complexity index is 3400. The van der Waals surface area contributed by atoms with Crippen LogP contribution in [0, 0.1) is 36.5 Å². The Labute approximate surface area is 806 Å². The Morgan fingerprint density at radius 2 is 0.544 bits per heavy atom. The van der Waals surface area contributed by atoms with Crippen LogP contribution in [0.4, 0.5) is 22.0 Å². The first kappa shape index (κ1) is 134. The van der Waals surface area contributed by atoms with Gasteiger partial charge in [0.25, 0.3) is 0 Å². The molecule has 0 heterocycles. The van der Waals surface area contributed by atoms with Crippen LogP contribution in [0.25, 0.3) is 0 Å². The standard InChI is InChI=1S/C8H6BrFO2.C8H8BrF.C7H5Br2F.C7H4BrFO2.C7H6BrFO.5C6H5Br.C3H6O2.C3H8.C2H5Br.C2H6O.5C2H6.CH3.Y/c1-12-8(11)6-3-2-5(9)4-7(6)10;1-2-6-3-4-7(9)5-8(6)10;8-4-5-1-2-6(9)3-7(5)10;8-4-1-2-5(7(10)11)6(9)3-4;8-6-2-1-5(4-10)7(9)3-6;5*7-6-4-2-1-3-5-6;1-3(4)5-2;1-3-2;2*1-2-3;5*1-2;;/h2-4H,1H3;3-5H,2H2,1H3;1-3H,4H2;1-3H,(H,10,11);1-3,10H,4H2;5*1-5H;1-2H3;3H2,1-2H3;2H2,1H3;3H,2H2,1H3;5*1-2H3;1H3;/q;;;;;;;;;;;;;;;;;;;-1;. The van der Waals surface area contributed by atoms with Crippen LogP contribution in [0.5, 0.6) is 0 Å². The molecule has 0 unspecified atom stereocenters. The number of benzene rings is 10. The van der Waals surface area contributed by atoms with E-state index in [2.05, 4.69) is 214 Å². The zero-order valence-electron chi connectivity index (χ0n) is 68.2. The third kappa shape index (κ3) is 88.3. The summed E-state index contributed by atoms with van der Waals surface area (Å²) in [6, 6.07) is 72.5. The number of aromatic carboxylic acids is 1. The van der Waals surface area contributed by atoms with Gasteiger partial charge in [-0.3, -0.25) is 4.79 Å². The summed E-state index contributed by atoms with van der Waals surface area (Å²) >= 11 is 38.4. The van der Waals surface area contributed by atoms with Crippen LogP contribution in [-0.4, -0.2) is 59.4 Å². The van der Waals surface area contributed by atoms with E-state index in [1.807, 2.05) is 247 Å². The number of carboxylic acids is 1. The van der Waals surface area contributed by atoms with Crippen LogP contribution in [0.15, 0.2) is 287 Å². The Morgan fingerprint density at radius 1 is 0.342 bits per heavy atom. The van der Waals surface area contributed by atoms with Gasteiger partial charge in [0, 0.05) is 107 Å². The molecule has 0 saturated heterocycles. The monoisotopic (exact) mass is 2430 g/mol. The number of rotatable bonds is 5. The van der Waals surface area contributed by atoms with Gasteiger partial charge in [0.15, 0.2) is 0 Å². The zero-order chi connectivity index (χ0) is 88.2. The first-order chi connectivity index (χ1) is 53.4. The summed E-state index contributed by atoms with van der Waals surface area (Å²) in [5.41, 5.74) is 1.41. The van der Waals surface area contributed by atoms with E-state index >= 15 is 0 Å². The van der Waals surface area contributed by atoms with Crippen molar-refractivity contribution in [3.8, 4) is 0 Å². The second kappa shape index (κ2) is 101. The number of alkyl halides is 2. The van der Waals surface area contributed by atoms with Crippen molar-refractivity contribution in [3.63, 3.8) is 0 Å². The molecule has 0 spiro atoms. The molecule has 0 aliphatic heterocycles. The van der Waals surface area contributed by atoms with Gasteiger partial charge < -0.3 is 32.2 Å². The molecule has 3 N–H and O–H groups in total. The normalized spacial score (nSPS) is 8.25. The number of aryl methyl sites for hydroxylation is 1. The number of halogens is 17. The third-order valence-electron chi connectivity index (χ3n) is 10.2. The zero-order valence-corrected chi connectivity index (χ0v) is 90.1. The van der Waals surface area contributed by atoms with E-state index in [9.17, 15) is 36.3 Å². The summed E-state index contributed by atoms with van der Waals surface area (Å²) in [4.78, 5) is 30.7. The molecular weight excluding hydrogens is 2330 g/mol. The minimum Gasteiger partial charge on any atom is -0.478 e. The van der Waals surface area contributed by atoms with E-state index < -0.39 is 23.6 Å². The predicted octanol–water partition coefficient (Wildman–Crippen LogP) is 34.2. The number of aliphatic hydroxyl groups is 2. The molecule has 1 radical (unpaired) electrons. The molecule has 0 fully saturated rings. The van der Waals surface area contributed by atoms with Crippen molar-refractivity contribution < 1.29 is 93.8 Å². The van der Waals surface area contributed by atoms with Gasteiger partial charge in [0.05, 0.1) is 32.0 Å². The summed E-state index contributed by atoms with van der Waals surface area (Å²) < 4.78 is 81.4. The molecule has 0 saturated carbocycles. The van der Waals surface area contributed by atoms with Crippen LogP contribution < -0.4 is 0 Å². The first-order valence-electron chi connectivity index (χ1n) is 34.9. The van der Waals surface area contributed by atoms with Gasteiger partial charge >= 0.3 is 17.9 Å². The smallest absolute Gasteiger partial charge is 0.340 e. The minimum absolute atomic E-state index is 0. The summed E-state index contributed by atoms with van der Waals surface area (Å²) in [6.45, 7) is 31.3. The first-order valence-corrected chi connectivity index (χ1v) is 45.1. The maximum absolute atomic E-state index is 13.0. The Morgan fingerprint density at radius 3 is 0.702 bits per heavy atom. The molecule has 26 heteroatoms. The third-order valence-corrected chi connectivity index (χ3v) is 15.9. The number of ether oxygens (including phenoxy) is 2. The van der Waals surface area contributed by atoms with Crippen molar-refractivity contribution in [2.24, 2.45) is 0 Å². The van der Waals surface area contributed by atoms with Gasteiger partial charge in [0.1, 0.15) is 29.1 Å². The van der Waals surface area contributed by atoms with Gasteiger partial charge in [-0.25, -0.2) is 31.5 Å². The fraction of sp³-hybridized carbons (Fsp3) is 0.273. The van der Waals surface area contributed by atoms with Gasteiger partial charge in [-0.2, -0.15) is 0 Å². The molecular formula is C88H112Br12F5O8Y-. The van der Waals surface area contributed by atoms with E-state index in [-0.39, 0.29) is 87.9 Å². The van der Waals surface area contributed by atoms with Crippen molar-refractivity contribution in [1.82, 2.24) is 0 Å². The Hall–Kier alpha value is -2.96. The van der Waals surface area contributed by atoms with Crippen LogP contribution >= 0.6 is 191 Å². The largest absolute Gasteiger partial charge is 0.478 e. The van der Waals surface area contributed by atoms with Crippen LogP contribution in [0.3, 0.4) is 0 Å². The van der Waals surface area contributed by atoms with E-state index in [0.29, 0.717) is 29.9 Å². The summed E-state index contributed by atoms with van der Waals surface area (Å²) in [5, 5.41) is 26.1. The summed E-state index contributed by atoms with van der Waals surface area (Å²) in [7, 11) is 2.56. The van der Waals surface area contributed by atoms with Gasteiger partial charge in [-0.1, -0.05) is 404 Å². The van der Waals surface area contributed by atoms with Crippen molar-refractivity contribution in [3.05, 3.63) is 352 Å². The SMILES string of the molecule is Brc1ccccc1.Brc1ccccc1.Brc1ccccc1.Brc1ccccc1.Brc1ccccc1.CC.CC.CC.CC.CC.CCBr.CCC.CCO.CCc1ccc(Br)cc1F.COC(=O)c1ccc(Br)cc1F.COC(C)=O.Fc1cc(Br)ccc1CBr.O=C(O)c1ccc(Br)cc1F.OCc1ccc(Br)cc1F.[CH3-].[Y]. The fourth-order valence-electron chi connectivity index (χ4n) is 5.59. The van der Waals surface area contributed by atoms with E-state index in [0.717, 1.165) is 54.7 Å². The van der Waals surface area contributed by atoms with Gasteiger partial charge in [0.2, 0.25) is 0 Å². The van der Waals surface area contributed by atoms with Crippen LogP contribution in [-0.2, 0) is 65.3 Å². The number of hydrogen-bond donors (Lipinski definition) is 3. The van der Waals surface area contributed by atoms with E-state index in [1.165, 1.54) is 70.0 Å². The second-order valence-corrected chi connectivity index (χ2v) is 29.2. The van der Waals surface area contributed by atoms with Crippen molar-refractivity contribution in [2.75, 3.05) is 26.2 Å². The number of carboxylic acid groups (broad SMARTS) is 1. The van der Waals surface area contributed by atoms with Crippen LogP contribution in [0.2, 0.25) is 0 Å². The Kier molecular flexibility index (Phi) is 119. The van der Waals surface area contributed by atoms with Crippen molar-refractivity contribution in [2.45, 2.75) is 136 Å². The second-order valence-electron chi connectivity index (χ2n) is 18.4. The Balaban J connectivity index is -0.000000112. The molecule has 10 aromatic carbocycles. The quantitative estimate of drug-likeness (QED) is 0.0672. The maximum Gasteiger partial charge on any atom is 0.340 e. The van der Waals surface area contributed by atoms with Crippen molar-refractivity contribution in [1.29, 1.82) is 0 Å². The maximum atomic E-state index is 13.0. The summed E-state index contributed by atoms with van der Waals surface area (Å²) in [6.07, 6.45) is 2.00. The van der Waals surface area contributed by atoms with E-state index in [4.69, 9.17) is 15.3 Å². The topological polar surface area (TPSA) is 130 Å². The molecule has 0 bridgehead atoms. The predicted molar refractivity (Wildman–Crippen MR) is 516 cm³/mol. The number of methoxy groups -OCH3 is 2. The van der Waals surface area contributed by atoms with Gasteiger partial charge in [-0.05, 0) is 158 Å². The molecule has 0 amide bonds. The number of carbonyl (C=O) groups is 3. The summed E-state index contributed by atoms with van der Waals surface area (Å²) in [5.74, 6) is -4.16. The number of aliphatic hydroxyl groups excluding tert-OH is 2. The number of carbonyl (C=O) groups excluding carboxylic acids is 2. The molecule has 114 heavy (non-hydrogen) atoms. The molecule has 8 nitrogen and oxygen atoms in total. The van der Waals surface area contributed by atoms with Crippen molar-refractivity contribution >= 4 is 209 Å². The molecule has 635 valence electrons. The van der Waals surface area contributed by atoms with Crippen LogP contribution in [0.1, 0.15) is 155 Å². The molecule has 0 aromatic heterocycles.